The summed E-state index contributed by atoms with van der Waals surface area (Å²) in [5, 5.41) is -12.6. The van der Waals surface area contributed by atoms with Crippen molar-refractivity contribution in [2.24, 2.45) is 0 Å². The van der Waals surface area contributed by atoms with Crippen LogP contribution in [0.25, 0.3) is 0 Å². The Morgan fingerprint density at radius 2 is 1.08 bits per heavy atom. The molecule has 0 aromatic heterocycles. The van der Waals surface area contributed by atoms with Gasteiger partial charge in [-0.15, -0.1) is 0 Å². The molecule has 0 heterocycles. The monoisotopic (exact) mass is 634 g/mol. The number of hydrogen-bond acceptors (Lipinski definition) is 7. The van der Waals surface area contributed by atoms with Crippen molar-refractivity contribution in [3.63, 3.8) is 0 Å². The van der Waals surface area contributed by atoms with Gasteiger partial charge in [0.05, 0.1) is 0 Å². The number of aryl methyl sites for hydroxylation is 1. The van der Waals surface area contributed by atoms with Gasteiger partial charge in [0.25, 0.3) is 0 Å². The van der Waals surface area contributed by atoms with Crippen LogP contribution < -0.4 is 0 Å². The third-order valence-corrected chi connectivity index (χ3v) is 6.04. The molecule has 0 aliphatic heterocycles. The van der Waals surface area contributed by atoms with Crippen molar-refractivity contribution in [2.75, 3.05) is 6.26 Å². The highest BCUT2D eigenvalue weighted by Gasteiger charge is 2.83. The number of alkyl halides is 13. The van der Waals surface area contributed by atoms with Crippen molar-refractivity contribution in [3.05, 3.63) is 29.8 Å². The van der Waals surface area contributed by atoms with Gasteiger partial charge >= 0.3 is 35.0 Å². The first-order valence-corrected chi connectivity index (χ1v) is 12.4. The van der Waals surface area contributed by atoms with Crippen LogP contribution in [0.5, 0.6) is 0 Å². The number of hydrogen-bond donors (Lipinski definition) is 0. The molecular formula is C14H11F13O7S3-2. The molecule has 220 valence electrons. The van der Waals surface area contributed by atoms with E-state index in [9.17, 15) is 87.2 Å². The van der Waals surface area contributed by atoms with Gasteiger partial charge < -0.3 is 9.11 Å². The molecule has 0 fully saturated rings. The zero-order chi connectivity index (χ0) is 30.6. The van der Waals surface area contributed by atoms with E-state index < -0.39 is 66.0 Å². The van der Waals surface area contributed by atoms with Crippen molar-refractivity contribution >= 4 is 31.0 Å². The van der Waals surface area contributed by atoms with Crippen LogP contribution in [0.15, 0.2) is 29.2 Å². The van der Waals surface area contributed by atoms with Gasteiger partial charge in [0.15, 0.2) is 20.2 Å². The quantitative estimate of drug-likeness (QED) is 0.341. The van der Waals surface area contributed by atoms with E-state index in [1.807, 2.05) is 31.2 Å². The molecule has 0 aliphatic carbocycles. The summed E-state index contributed by atoms with van der Waals surface area (Å²) in [6.45, 7) is 2.02. The van der Waals surface area contributed by atoms with Crippen molar-refractivity contribution in [3.8, 4) is 0 Å². The van der Waals surface area contributed by atoms with E-state index >= 15 is 0 Å². The largest absolute Gasteiger partial charge is 0.743 e. The van der Waals surface area contributed by atoms with Crippen LogP contribution in [-0.4, -0.2) is 71.4 Å². The van der Waals surface area contributed by atoms with Crippen molar-refractivity contribution in [1.29, 1.82) is 0 Å². The fraction of sp³-hybridized carbons (Fsp3) is 0.571. The van der Waals surface area contributed by atoms with Gasteiger partial charge in [0.1, 0.15) is 0 Å². The summed E-state index contributed by atoms with van der Waals surface area (Å²) in [4.78, 5) is 0.894. The molecule has 0 bridgehead atoms. The third kappa shape index (κ3) is 8.92. The summed E-state index contributed by atoms with van der Waals surface area (Å²) < 4.78 is 219. The summed E-state index contributed by atoms with van der Waals surface area (Å²) in [6.07, 6.45) is -9.95. The van der Waals surface area contributed by atoms with E-state index in [-0.39, 0.29) is 0 Å². The smallest absolute Gasteiger partial charge is 0.460 e. The van der Waals surface area contributed by atoms with Crippen LogP contribution in [0.3, 0.4) is 0 Å². The summed E-state index contributed by atoms with van der Waals surface area (Å²) >= 11 is 0. The first-order chi connectivity index (χ1) is 15.9. The zero-order valence-electron chi connectivity index (χ0n) is 17.4. The molecular weight excluding hydrogens is 623 g/mol. The van der Waals surface area contributed by atoms with Gasteiger partial charge in [-0.3, -0.25) is 4.21 Å². The molecule has 0 amide bonds. The standard InChI is InChI=1S/C8H10OS.C4HF9O3S.C2H2F4O3S/c1-7-3-5-8(6-4-7)10(2)9;5-1(6,3(9,10)11)2(7,8)4(12,13)17(14,15)16;3-1(4)2(5,6)10(7,8)9/h3-6H,1-2H3;(H,14,15,16);1H,(H,7,8,9)/p-2. The predicted octanol–water partition coefficient (Wildman–Crippen LogP) is 4.08. The highest BCUT2D eigenvalue weighted by atomic mass is 32.2. The Morgan fingerprint density at radius 1 is 0.730 bits per heavy atom. The number of halogens is 13. The molecule has 1 aromatic rings. The molecule has 0 radical (unpaired) electrons. The number of rotatable bonds is 6. The van der Waals surface area contributed by atoms with Gasteiger partial charge in [-0.25, -0.2) is 25.6 Å². The SMILES string of the molecule is Cc1ccc(S(C)=O)cc1.O=S(=O)([O-])C(F)(F)C(F)(F)C(F)(F)C(F)(F)F.O=S(=O)([O-])C(F)(F)C(F)F. The summed E-state index contributed by atoms with van der Waals surface area (Å²) in [5.74, 6) is -14.8. The zero-order valence-corrected chi connectivity index (χ0v) is 19.8. The average Bonchev–Trinajstić information content (AvgIpc) is 2.66. The van der Waals surface area contributed by atoms with Crippen LogP contribution in [0.2, 0.25) is 0 Å². The maximum atomic E-state index is 12.2. The molecule has 1 unspecified atom stereocenters. The van der Waals surface area contributed by atoms with Crippen LogP contribution in [0, 0.1) is 6.92 Å². The van der Waals surface area contributed by atoms with Crippen molar-refractivity contribution < 1.29 is 87.2 Å². The normalized spacial score (nSPS) is 14.8. The van der Waals surface area contributed by atoms with E-state index in [1.54, 1.807) is 6.26 Å². The molecule has 0 saturated carbocycles. The maximum absolute atomic E-state index is 12.2. The summed E-state index contributed by atoms with van der Waals surface area (Å²) in [6, 6.07) is 7.73. The van der Waals surface area contributed by atoms with E-state index in [1.165, 1.54) is 5.56 Å². The van der Waals surface area contributed by atoms with Gasteiger partial charge in [-0.05, 0) is 19.1 Å². The lowest BCUT2D eigenvalue weighted by atomic mass is 10.1. The molecule has 0 aliphatic rings. The summed E-state index contributed by atoms with van der Waals surface area (Å²) in [5.41, 5.74) is 1.20. The van der Waals surface area contributed by atoms with E-state index in [0.717, 1.165) is 4.90 Å². The number of benzene rings is 1. The molecule has 23 heteroatoms. The minimum atomic E-state index is -7.43. The van der Waals surface area contributed by atoms with Crippen LogP contribution in [0.1, 0.15) is 5.56 Å². The molecule has 1 atom stereocenters. The lowest BCUT2D eigenvalue weighted by molar-refractivity contribution is -0.382. The van der Waals surface area contributed by atoms with Crippen LogP contribution in [0.4, 0.5) is 57.1 Å². The molecule has 0 saturated heterocycles. The topological polar surface area (TPSA) is 131 Å². The Labute approximate surface area is 201 Å². The Morgan fingerprint density at radius 3 is 1.27 bits per heavy atom. The third-order valence-electron chi connectivity index (χ3n) is 3.37. The van der Waals surface area contributed by atoms with Gasteiger partial charge in [-0.1, -0.05) is 17.7 Å². The Hall–Kier alpha value is -1.72. The predicted molar refractivity (Wildman–Crippen MR) is 94.8 cm³/mol. The molecule has 7 nitrogen and oxygen atoms in total. The van der Waals surface area contributed by atoms with Gasteiger partial charge in [-0.2, -0.15) is 48.3 Å². The lowest BCUT2D eigenvalue weighted by Gasteiger charge is -2.34. The maximum Gasteiger partial charge on any atom is 0.460 e. The first-order valence-electron chi connectivity index (χ1n) is 8.06. The summed E-state index contributed by atoms with van der Waals surface area (Å²) in [7, 11) is -14.5. The van der Waals surface area contributed by atoms with E-state index in [4.69, 9.17) is 0 Å². The Kier molecular flexibility index (Phi) is 12.1. The fourth-order valence-electron chi connectivity index (χ4n) is 1.36. The fourth-order valence-corrected chi connectivity index (χ4v) is 2.54. The molecule has 37 heavy (non-hydrogen) atoms. The van der Waals surface area contributed by atoms with E-state index in [2.05, 4.69) is 0 Å². The second-order valence-electron chi connectivity index (χ2n) is 6.20. The average molecular weight is 634 g/mol. The molecule has 1 rings (SSSR count). The molecule has 0 N–H and O–H groups in total. The highest BCUT2D eigenvalue weighted by Crippen LogP contribution is 2.54. The lowest BCUT2D eigenvalue weighted by Crippen LogP contribution is -2.63. The van der Waals surface area contributed by atoms with Crippen molar-refractivity contribution in [2.45, 2.75) is 46.8 Å². The minimum absolute atomic E-state index is 0.837. The van der Waals surface area contributed by atoms with Crippen LogP contribution >= 0.6 is 0 Å². The highest BCUT2D eigenvalue weighted by molar-refractivity contribution is 7.87. The molecule has 0 spiro atoms. The van der Waals surface area contributed by atoms with Gasteiger partial charge in [0, 0.05) is 22.0 Å². The Bertz CT molecular complexity index is 1130. The second-order valence-corrected chi connectivity index (χ2v) is 10.5. The minimum Gasteiger partial charge on any atom is -0.743 e. The van der Waals surface area contributed by atoms with Crippen LogP contribution in [-0.2, 0) is 31.0 Å². The van der Waals surface area contributed by atoms with Gasteiger partial charge in [0.2, 0.25) is 0 Å². The second kappa shape index (κ2) is 12.0. The van der Waals surface area contributed by atoms with Crippen molar-refractivity contribution in [1.82, 2.24) is 0 Å². The van der Waals surface area contributed by atoms with E-state index in [0.29, 0.717) is 0 Å². The first kappa shape index (κ1) is 37.4. The molecule has 1 aromatic carbocycles. The Balaban J connectivity index is 0.